The van der Waals surface area contributed by atoms with E-state index < -0.39 is 0 Å². The van der Waals surface area contributed by atoms with Gasteiger partial charge in [0.15, 0.2) is 11.5 Å². The van der Waals surface area contributed by atoms with Crippen molar-refractivity contribution < 1.29 is 19.4 Å². The second kappa shape index (κ2) is 4.37. The summed E-state index contributed by atoms with van der Waals surface area (Å²) in [6, 6.07) is 3.62. The van der Waals surface area contributed by atoms with Gasteiger partial charge < -0.3 is 19.4 Å². The third-order valence-corrected chi connectivity index (χ3v) is 2.17. The number of rotatable bonds is 3. The first kappa shape index (κ1) is 10.1. The molecule has 1 aliphatic heterocycles. The molecule has 1 heterocycles. The van der Waals surface area contributed by atoms with Crippen LogP contribution in [0.25, 0.3) is 0 Å². The van der Waals surface area contributed by atoms with E-state index in [4.69, 9.17) is 19.4 Å². The van der Waals surface area contributed by atoms with Gasteiger partial charge in [-0.3, -0.25) is 0 Å². The Bertz CT molecular complexity index is 336. The van der Waals surface area contributed by atoms with Crippen molar-refractivity contribution in [2.24, 2.45) is 0 Å². The molecule has 0 aliphatic carbocycles. The fourth-order valence-corrected chi connectivity index (χ4v) is 1.52. The predicted octanol–water partition coefficient (Wildman–Crippen LogP) is 0.945. The molecule has 0 unspecified atom stereocenters. The van der Waals surface area contributed by atoms with Crippen LogP contribution in [-0.2, 0) is 6.54 Å². The Morgan fingerprint density at radius 1 is 1.40 bits per heavy atom. The van der Waals surface area contributed by atoms with E-state index in [9.17, 15) is 0 Å². The van der Waals surface area contributed by atoms with E-state index in [2.05, 4.69) is 5.48 Å². The molecule has 0 amide bonds. The molecule has 2 N–H and O–H groups in total. The lowest BCUT2D eigenvalue weighted by atomic mass is 10.1. The molecule has 0 saturated carbocycles. The minimum Gasteiger partial charge on any atom is -0.493 e. The SMILES string of the molecule is COc1cc(CNO)cc2c1OCCO2. The van der Waals surface area contributed by atoms with Gasteiger partial charge in [0.2, 0.25) is 5.75 Å². The first-order valence-corrected chi connectivity index (χ1v) is 4.68. The molecule has 1 aromatic rings. The maximum Gasteiger partial charge on any atom is 0.203 e. The number of benzene rings is 1. The zero-order chi connectivity index (χ0) is 10.7. The maximum absolute atomic E-state index is 8.62. The van der Waals surface area contributed by atoms with Gasteiger partial charge >= 0.3 is 0 Å². The molecule has 0 radical (unpaired) electrons. The lowest BCUT2D eigenvalue weighted by Crippen LogP contribution is -2.17. The van der Waals surface area contributed by atoms with Gasteiger partial charge in [-0.05, 0) is 17.7 Å². The summed E-state index contributed by atoms with van der Waals surface area (Å²) in [7, 11) is 1.57. The third-order valence-electron chi connectivity index (χ3n) is 2.17. The molecular formula is C10H13NO4. The van der Waals surface area contributed by atoms with E-state index in [1.54, 1.807) is 13.2 Å². The van der Waals surface area contributed by atoms with Gasteiger partial charge in [-0.2, -0.15) is 0 Å². The molecule has 5 heteroatoms. The van der Waals surface area contributed by atoms with Crippen molar-refractivity contribution in [1.82, 2.24) is 5.48 Å². The highest BCUT2D eigenvalue weighted by Crippen LogP contribution is 2.40. The van der Waals surface area contributed by atoms with Crippen molar-refractivity contribution in [1.29, 1.82) is 0 Å². The van der Waals surface area contributed by atoms with Crippen molar-refractivity contribution in [3.63, 3.8) is 0 Å². The number of methoxy groups -OCH3 is 1. The van der Waals surface area contributed by atoms with Crippen molar-refractivity contribution >= 4 is 0 Å². The summed E-state index contributed by atoms with van der Waals surface area (Å²) in [6.45, 7) is 1.40. The number of hydrogen-bond acceptors (Lipinski definition) is 5. The predicted molar refractivity (Wildman–Crippen MR) is 52.6 cm³/mol. The van der Waals surface area contributed by atoms with E-state index in [0.717, 1.165) is 5.56 Å². The lowest BCUT2D eigenvalue weighted by molar-refractivity contribution is 0.157. The van der Waals surface area contributed by atoms with Crippen LogP contribution in [-0.4, -0.2) is 25.5 Å². The zero-order valence-corrected chi connectivity index (χ0v) is 8.45. The lowest BCUT2D eigenvalue weighted by Gasteiger charge is -2.21. The van der Waals surface area contributed by atoms with Crippen LogP contribution in [0, 0.1) is 0 Å². The van der Waals surface area contributed by atoms with Gasteiger partial charge in [0.25, 0.3) is 0 Å². The van der Waals surface area contributed by atoms with Crippen molar-refractivity contribution in [3.8, 4) is 17.2 Å². The average molecular weight is 211 g/mol. The van der Waals surface area contributed by atoms with Crippen LogP contribution >= 0.6 is 0 Å². The Hall–Kier alpha value is -1.46. The van der Waals surface area contributed by atoms with Crippen LogP contribution in [0.4, 0.5) is 0 Å². The normalized spacial score (nSPS) is 13.7. The van der Waals surface area contributed by atoms with Gasteiger partial charge in [-0.15, -0.1) is 0 Å². The van der Waals surface area contributed by atoms with Gasteiger partial charge in [0.1, 0.15) is 13.2 Å². The van der Waals surface area contributed by atoms with Crippen LogP contribution in [0.5, 0.6) is 17.2 Å². The van der Waals surface area contributed by atoms with Crippen molar-refractivity contribution in [3.05, 3.63) is 17.7 Å². The Morgan fingerprint density at radius 2 is 2.20 bits per heavy atom. The molecule has 0 fully saturated rings. The highest BCUT2D eigenvalue weighted by atomic mass is 16.6. The van der Waals surface area contributed by atoms with Crippen LogP contribution < -0.4 is 19.7 Å². The first-order valence-electron chi connectivity index (χ1n) is 4.68. The molecule has 0 aromatic heterocycles. The van der Waals surface area contributed by atoms with Gasteiger partial charge in [0.05, 0.1) is 7.11 Å². The molecule has 0 saturated heterocycles. The van der Waals surface area contributed by atoms with Gasteiger partial charge in [0, 0.05) is 6.54 Å². The molecule has 0 spiro atoms. The van der Waals surface area contributed by atoms with Gasteiger partial charge in [-0.1, -0.05) is 0 Å². The summed E-state index contributed by atoms with van der Waals surface area (Å²) < 4.78 is 16.1. The summed E-state index contributed by atoms with van der Waals surface area (Å²) in [4.78, 5) is 0. The number of ether oxygens (including phenoxy) is 3. The third kappa shape index (κ3) is 1.98. The standard InChI is InChI=1S/C10H13NO4/c1-13-8-4-7(6-11-12)5-9-10(8)15-3-2-14-9/h4-5,11-12H,2-3,6H2,1H3. The molecule has 15 heavy (non-hydrogen) atoms. The molecule has 0 atom stereocenters. The summed E-state index contributed by atoms with van der Waals surface area (Å²) in [5.41, 5.74) is 2.96. The van der Waals surface area contributed by atoms with E-state index in [1.165, 1.54) is 0 Å². The molecule has 5 nitrogen and oxygen atoms in total. The molecule has 1 aliphatic rings. The van der Waals surface area contributed by atoms with Crippen LogP contribution in [0.1, 0.15) is 5.56 Å². The highest BCUT2D eigenvalue weighted by molar-refractivity contribution is 5.54. The molecular weight excluding hydrogens is 198 g/mol. The molecule has 82 valence electrons. The van der Waals surface area contributed by atoms with E-state index in [0.29, 0.717) is 37.0 Å². The monoisotopic (exact) mass is 211 g/mol. The Balaban J connectivity index is 2.38. The smallest absolute Gasteiger partial charge is 0.203 e. The van der Waals surface area contributed by atoms with Crippen molar-refractivity contribution in [2.45, 2.75) is 6.54 Å². The Labute approximate surface area is 87.5 Å². The summed E-state index contributed by atoms with van der Waals surface area (Å²) >= 11 is 0. The molecule has 1 aromatic carbocycles. The number of hydroxylamine groups is 1. The topological polar surface area (TPSA) is 60.0 Å². The number of hydrogen-bond donors (Lipinski definition) is 2. The summed E-state index contributed by atoms with van der Waals surface area (Å²) in [6.07, 6.45) is 0. The second-order valence-corrected chi connectivity index (χ2v) is 3.16. The Kier molecular flexibility index (Phi) is 2.94. The quantitative estimate of drug-likeness (QED) is 0.729. The summed E-state index contributed by atoms with van der Waals surface area (Å²) in [5.74, 6) is 1.91. The number of nitrogens with one attached hydrogen (secondary N) is 1. The minimum atomic E-state index is 0.340. The molecule has 0 bridgehead atoms. The molecule has 2 rings (SSSR count). The first-order chi connectivity index (χ1) is 7.35. The van der Waals surface area contributed by atoms with Gasteiger partial charge in [-0.25, -0.2) is 5.48 Å². The van der Waals surface area contributed by atoms with Crippen molar-refractivity contribution in [2.75, 3.05) is 20.3 Å². The highest BCUT2D eigenvalue weighted by Gasteiger charge is 2.17. The summed E-state index contributed by atoms with van der Waals surface area (Å²) in [5, 5.41) is 8.62. The fraction of sp³-hybridized carbons (Fsp3) is 0.400. The van der Waals surface area contributed by atoms with E-state index in [1.807, 2.05) is 6.07 Å². The Morgan fingerprint density at radius 3 is 2.93 bits per heavy atom. The van der Waals surface area contributed by atoms with Crippen LogP contribution in [0.15, 0.2) is 12.1 Å². The fourth-order valence-electron chi connectivity index (χ4n) is 1.52. The second-order valence-electron chi connectivity index (χ2n) is 3.16. The number of fused-ring (bicyclic) bond motifs is 1. The van der Waals surface area contributed by atoms with Crippen LogP contribution in [0.2, 0.25) is 0 Å². The van der Waals surface area contributed by atoms with Crippen LogP contribution in [0.3, 0.4) is 0 Å². The minimum absolute atomic E-state index is 0.340. The largest absolute Gasteiger partial charge is 0.493 e. The average Bonchev–Trinajstić information content (AvgIpc) is 2.28. The zero-order valence-electron chi connectivity index (χ0n) is 8.45. The van der Waals surface area contributed by atoms with E-state index >= 15 is 0 Å². The van der Waals surface area contributed by atoms with E-state index in [-0.39, 0.29) is 0 Å². The maximum atomic E-state index is 8.62.